The summed E-state index contributed by atoms with van der Waals surface area (Å²) in [5.74, 6) is 0.890. The Hall–Kier alpha value is -1.84. The van der Waals surface area contributed by atoms with Crippen LogP contribution in [0.1, 0.15) is 56.1 Å². The number of aryl methyl sites for hydroxylation is 2. The standard InChI is InChI=1S/C20H26O4/c1-14-11-15(7-8-18(14)23-2)9-10-20(16-5-3-4-6-16)13-17(21)12-19(22)24-20/h7-8,11,16H,3-6,9-10,12-13H2,1-2H3. The quantitative estimate of drug-likeness (QED) is 0.609. The number of hydrogen-bond acceptors (Lipinski definition) is 4. The Bertz CT molecular complexity index is 613. The highest BCUT2D eigenvalue weighted by molar-refractivity contribution is 5.98. The van der Waals surface area contributed by atoms with Crippen molar-refractivity contribution in [2.45, 2.75) is 63.9 Å². The van der Waals surface area contributed by atoms with Gasteiger partial charge in [-0.3, -0.25) is 9.59 Å². The van der Waals surface area contributed by atoms with E-state index in [1.54, 1.807) is 7.11 Å². The molecule has 1 aromatic rings. The highest BCUT2D eigenvalue weighted by Crippen LogP contribution is 2.44. The molecule has 0 bridgehead atoms. The van der Waals surface area contributed by atoms with E-state index in [9.17, 15) is 9.59 Å². The van der Waals surface area contributed by atoms with Crippen LogP contribution in [0.15, 0.2) is 18.2 Å². The molecule has 2 fully saturated rings. The van der Waals surface area contributed by atoms with E-state index >= 15 is 0 Å². The first-order chi connectivity index (χ1) is 11.5. The molecule has 0 radical (unpaired) electrons. The van der Waals surface area contributed by atoms with Gasteiger partial charge in [0.1, 0.15) is 23.6 Å². The van der Waals surface area contributed by atoms with Gasteiger partial charge in [-0.2, -0.15) is 0 Å². The third-order valence-electron chi connectivity index (χ3n) is 5.55. The van der Waals surface area contributed by atoms with Crippen LogP contribution < -0.4 is 4.74 Å². The molecule has 4 nitrogen and oxygen atoms in total. The van der Waals surface area contributed by atoms with Crippen LogP contribution >= 0.6 is 0 Å². The normalized spacial score (nSPS) is 24.9. The fourth-order valence-electron chi connectivity index (χ4n) is 4.33. The van der Waals surface area contributed by atoms with E-state index in [1.807, 2.05) is 13.0 Å². The lowest BCUT2D eigenvalue weighted by atomic mass is 9.76. The van der Waals surface area contributed by atoms with Crippen molar-refractivity contribution in [3.63, 3.8) is 0 Å². The van der Waals surface area contributed by atoms with Crippen molar-refractivity contribution >= 4 is 11.8 Å². The van der Waals surface area contributed by atoms with E-state index in [2.05, 4.69) is 12.1 Å². The summed E-state index contributed by atoms with van der Waals surface area (Å²) in [6.07, 6.45) is 6.31. The fraction of sp³-hybridized carbons (Fsp3) is 0.600. The summed E-state index contributed by atoms with van der Waals surface area (Å²) >= 11 is 0. The summed E-state index contributed by atoms with van der Waals surface area (Å²) in [6.45, 7) is 2.03. The molecule has 1 unspecified atom stereocenters. The van der Waals surface area contributed by atoms with Gasteiger partial charge in [-0.05, 0) is 55.7 Å². The molecule has 1 heterocycles. The number of rotatable bonds is 5. The largest absolute Gasteiger partial charge is 0.496 e. The second kappa shape index (κ2) is 6.96. The first-order valence-corrected chi connectivity index (χ1v) is 8.89. The predicted molar refractivity (Wildman–Crippen MR) is 91.1 cm³/mol. The van der Waals surface area contributed by atoms with Crippen molar-refractivity contribution in [1.82, 2.24) is 0 Å². The average Bonchev–Trinajstić information content (AvgIpc) is 3.07. The lowest BCUT2D eigenvalue weighted by Crippen LogP contribution is -2.48. The smallest absolute Gasteiger partial charge is 0.313 e. The van der Waals surface area contributed by atoms with Crippen LogP contribution in [-0.2, 0) is 20.7 Å². The van der Waals surface area contributed by atoms with Crippen molar-refractivity contribution in [2.24, 2.45) is 5.92 Å². The van der Waals surface area contributed by atoms with Crippen LogP contribution in [0.25, 0.3) is 0 Å². The lowest BCUT2D eigenvalue weighted by molar-refractivity contribution is -0.178. The van der Waals surface area contributed by atoms with Crippen LogP contribution in [0.3, 0.4) is 0 Å². The molecule has 0 amide bonds. The van der Waals surface area contributed by atoms with Gasteiger partial charge in [0.15, 0.2) is 0 Å². The zero-order valence-electron chi connectivity index (χ0n) is 14.6. The number of Topliss-reactive ketones (excluding diaryl/α,β-unsaturated/α-hetero) is 1. The summed E-state index contributed by atoms with van der Waals surface area (Å²) in [7, 11) is 1.67. The minimum absolute atomic E-state index is 0.0315. The summed E-state index contributed by atoms with van der Waals surface area (Å²) < 4.78 is 11.2. The number of ether oxygens (including phenoxy) is 2. The first-order valence-electron chi connectivity index (χ1n) is 8.89. The molecular weight excluding hydrogens is 304 g/mol. The molecule has 3 rings (SSSR count). The maximum Gasteiger partial charge on any atom is 0.313 e. The van der Waals surface area contributed by atoms with E-state index in [-0.39, 0.29) is 18.2 Å². The first kappa shape index (κ1) is 17.0. The molecule has 4 heteroatoms. The van der Waals surface area contributed by atoms with Gasteiger partial charge in [0.2, 0.25) is 0 Å². The van der Waals surface area contributed by atoms with Gasteiger partial charge in [0.25, 0.3) is 0 Å². The van der Waals surface area contributed by atoms with E-state index in [4.69, 9.17) is 9.47 Å². The van der Waals surface area contributed by atoms with Gasteiger partial charge in [0.05, 0.1) is 7.11 Å². The van der Waals surface area contributed by atoms with Gasteiger partial charge in [-0.15, -0.1) is 0 Å². The molecular formula is C20H26O4. The average molecular weight is 330 g/mol. The number of methoxy groups -OCH3 is 1. The molecule has 1 aliphatic carbocycles. The minimum Gasteiger partial charge on any atom is -0.496 e. The minimum atomic E-state index is -0.587. The van der Waals surface area contributed by atoms with Gasteiger partial charge >= 0.3 is 5.97 Å². The van der Waals surface area contributed by atoms with Gasteiger partial charge < -0.3 is 9.47 Å². The Morgan fingerprint density at radius 2 is 2.00 bits per heavy atom. The van der Waals surface area contributed by atoms with E-state index in [1.165, 1.54) is 18.4 Å². The molecule has 0 aromatic heterocycles. The summed E-state index contributed by atoms with van der Waals surface area (Å²) in [5, 5.41) is 0. The maximum atomic E-state index is 12.1. The molecule has 1 saturated heterocycles. The van der Waals surface area contributed by atoms with Crippen molar-refractivity contribution < 1.29 is 19.1 Å². The lowest BCUT2D eigenvalue weighted by Gasteiger charge is -2.41. The van der Waals surface area contributed by atoms with Crippen LogP contribution in [0, 0.1) is 12.8 Å². The maximum absolute atomic E-state index is 12.1. The SMILES string of the molecule is COc1ccc(CCC2(C3CCCC3)CC(=O)CC(=O)O2)cc1C. The van der Waals surface area contributed by atoms with E-state index in [0.29, 0.717) is 12.3 Å². The van der Waals surface area contributed by atoms with E-state index < -0.39 is 5.60 Å². The van der Waals surface area contributed by atoms with Gasteiger partial charge in [-0.1, -0.05) is 25.0 Å². The summed E-state index contributed by atoms with van der Waals surface area (Å²) in [6, 6.07) is 6.15. The Kier molecular flexibility index (Phi) is 4.93. The number of ketones is 1. The number of carbonyl (C=O) groups excluding carboxylic acids is 2. The number of cyclic esters (lactones) is 1. The van der Waals surface area contributed by atoms with Crippen molar-refractivity contribution in [1.29, 1.82) is 0 Å². The molecule has 1 aromatic carbocycles. The molecule has 1 aliphatic heterocycles. The molecule has 24 heavy (non-hydrogen) atoms. The predicted octanol–water partition coefficient (Wildman–Crippen LogP) is 3.77. The zero-order valence-corrected chi connectivity index (χ0v) is 14.6. The molecule has 130 valence electrons. The molecule has 0 spiro atoms. The Balaban J connectivity index is 1.78. The highest BCUT2D eigenvalue weighted by Gasteiger charge is 2.47. The second-order valence-corrected chi connectivity index (χ2v) is 7.22. The number of esters is 1. The monoisotopic (exact) mass is 330 g/mol. The van der Waals surface area contributed by atoms with Crippen LogP contribution in [0.4, 0.5) is 0 Å². The van der Waals surface area contributed by atoms with Gasteiger partial charge in [0, 0.05) is 6.42 Å². The number of carbonyl (C=O) groups is 2. The van der Waals surface area contributed by atoms with Crippen molar-refractivity contribution in [2.75, 3.05) is 7.11 Å². The number of benzene rings is 1. The third-order valence-corrected chi connectivity index (χ3v) is 5.55. The fourth-order valence-corrected chi connectivity index (χ4v) is 4.33. The second-order valence-electron chi connectivity index (χ2n) is 7.22. The Morgan fingerprint density at radius 3 is 2.62 bits per heavy atom. The van der Waals surface area contributed by atoms with Crippen LogP contribution in [0.5, 0.6) is 5.75 Å². The molecule has 1 atom stereocenters. The molecule has 2 aliphatic rings. The van der Waals surface area contributed by atoms with Crippen LogP contribution in [-0.4, -0.2) is 24.5 Å². The zero-order chi connectivity index (χ0) is 17.2. The summed E-state index contributed by atoms with van der Waals surface area (Å²) in [4.78, 5) is 24.0. The molecule has 1 saturated carbocycles. The van der Waals surface area contributed by atoms with Crippen molar-refractivity contribution in [3.8, 4) is 5.75 Å². The Morgan fingerprint density at radius 1 is 1.25 bits per heavy atom. The van der Waals surface area contributed by atoms with Crippen LogP contribution in [0.2, 0.25) is 0 Å². The van der Waals surface area contributed by atoms with Gasteiger partial charge in [-0.25, -0.2) is 0 Å². The third kappa shape index (κ3) is 3.47. The Labute approximate surface area is 143 Å². The topological polar surface area (TPSA) is 52.6 Å². The van der Waals surface area contributed by atoms with Crippen molar-refractivity contribution in [3.05, 3.63) is 29.3 Å². The summed E-state index contributed by atoms with van der Waals surface area (Å²) in [5.41, 5.74) is 1.71. The highest BCUT2D eigenvalue weighted by atomic mass is 16.6. The van der Waals surface area contributed by atoms with E-state index in [0.717, 1.165) is 37.0 Å². The number of hydrogen-bond donors (Lipinski definition) is 0. The molecule has 0 N–H and O–H groups in total.